The van der Waals surface area contributed by atoms with E-state index in [4.69, 9.17) is 11.6 Å². The van der Waals surface area contributed by atoms with Crippen LogP contribution in [0.5, 0.6) is 0 Å². The summed E-state index contributed by atoms with van der Waals surface area (Å²) in [4.78, 5) is 12.3. The van der Waals surface area contributed by atoms with E-state index >= 15 is 0 Å². The smallest absolute Gasteiger partial charge is 0.255 e. The molecule has 0 heterocycles. The molecule has 0 aliphatic rings. The molecule has 3 rings (SSSR count). The number of anilines is 1. The monoisotopic (exact) mass is 431 g/mol. The molecule has 1 N–H and O–H groups in total. The van der Waals surface area contributed by atoms with E-state index in [-0.39, 0.29) is 11.2 Å². The predicted octanol–water partition coefficient (Wildman–Crippen LogP) is 6.37. The number of hydrogen-bond acceptors (Lipinski definition) is 2. The summed E-state index contributed by atoms with van der Waals surface area (Å²) in [6, 6.07) is 22.5. The van der Waals surface area contributed by atoms with Gasteiger partial charge >= 0.3 is 0 Å². The van der Waals surface area contributed by atoms with Crippen molar-refractivity contribution in [1.82, 2.24) is 0 Å². The first-order valence-corrected chi connectivity index (χ1v) is 9.32. The molecule has 3 aromatic rings. The molecule has 1 amide bonds. The average Bonchev–Trinajstić information content (AvgIpc) is 2.64. The summed E-state index contributed by atoms with van der Waals surface area (Å²) >= 11 is 14.0. The Morgan fingerprint density at radius 1 is 0.880 bits per heavy atom. The second kappa shape index (κ2) is 8.09. The summed E-state index contributed by atoms with van der Waals surface area (Å²) in [5.41, 5.74) is 3.43. The molecule has 0 saturated carbocycles. The van der Waals surface area contributed by atoms with Gasteiger partial charge in [-0.15, -0.1) is 0 Å². The van der Waals surface area contributed by atoms with Gasteiger partial charge in [0.25, 0.3) is 5.91 Å². The van der Waals surface area contributed by atoms with Crippen molar-refractivity contribution < 1.29 is 4.79 Å². The third-order valence-corrected chi connectivity index (χ3v) is 5.15. The lowest BCUT2D eigenvalue weighted by Crippen LogP contribution is -2.11. The largest absolute Gasteiger partial charge is 0.322 e. The minimum atomic E-state index is -0.143. The summed E-state index contributed by atoms with van der Waals surface area (Å²) in [6.45, 7) is 0. The molecule has 0 bridgehead atoms. The van der Waals surface area contributed by atoms with Gasteiger partial charge in [0.05, 0.1) is 5.25 Å². The number of carbonyl (C=O) groups is 1. The first-order valence-electron chi connectivity index (χ1n) is 7.63. The molecule has 0 spiro atoms. The third kappa shape index (κ3) is 4.66. The molecule has 126 valence electrons. The standard InChI is InChI=1S/C20H15BrClNOS/c21-16-7-11-18(12-8-16)23-20(24)15-3-1-13(2-4-15)19(25)14-5-9-17(22)10-6-14/h1-12,19,25H,(H,23,24). The number of rotatable bonds is 4. The van der Waals surface area contributed by atoms with Crippen molar-refractivity contribution in [2.24, 2.45) is 0 Å². The lowest BCUT2D eigenvalue weighted by molar-refractivity contribution is 0.102. The summed E-state index contributed by atoms with van der Waals surface area (Å²) < 4.78 is 0.969. The molecule has 0 aliphatic carbocycles. The Bertz CT molecular complexity index is 864. The highest BCUT2D eigenvalue weighted by Crippen LogP contribution is 2.29. The van der Waals surface area contributed by atoms with Crippen molar-refractivity contribution >= 4 is 51.8 Å². The van der Waals surface area contributed by atoms with Crippen LogP contribution in [0, 0.1) is 0 Å². The van der Waals surface area contributed by atoms with Crippen LogP contribution >= 0.6 is 40.2 Å². The van der Waals surface area contributed by atoms with Crippen LogP contribution in [0.3, 0.4) is 0 Å². The van der Waals surface area contributed by atoms with E-state index in [1.54, 1.807) is 0 Å². The number of nitrogens with one attached hydrogen (secondary N) is 1. The molecule has 1 unspecified atom stereocenters. The zero-order chi connectivity index (χ0) is 17.8. The van der Waals surface area contributed by atoms with Crippen LogP contribution in [0.2, 0.25) is 5.02 Å². The number of benzene rings is 3. The fraction of sp³-hybridized carbons (Fsp3) is 0.0500. The Kier molecular flexibility index (Phi) is 5.84. The van der Waals surface area contributed by atoms with Gasteiger partial charge in [-0.2, -0.15) is 12.6 Å². The van der Waals surface area contributed by atoms with Crippen molar-refractivity contribution in [3.63, 3.8) is 0 Å². The molecular formula is C20H15BrClNOS. The van der Waals surface area contributed by atoms with Crippen LogP contribution in [-0.4, -0.2) is 5.91 Å². The minimum Gasteiger partial charge on any atom is -0.322 e. The molecule has 1 atom stereocenters. The number of halogens is 2. The maximum atomic E-state index is 12.3. The van der Waals surface area contributed by atoms with Crippen molar-refractivity contribution in [2.45, 2.75) is 5.25 Å². The van der Waals surface area contributed by atoms with Gasteiger partial charge in [-0.3, -0.25) is 4.79 Å². The molecule has 0 fully saturated rings. The quantitative estimate of drug-likeness (QED) is 0.461. The Hall–Kier alpha value is -1.75. The van der Waals surface area contributed by atoms with Crippen LogP contribution in [0.25, 0.3) is 0 Å². The number of thiol groups is 1. The van der Waals surface area contributed by atoms with Gasteiger partial charge in [0.1, 0.15) is 0 Å². The zero-order valence-electron chi connectivity index (χ0n) is 13.1. The summed E-state index contributed by atoms with van der Waals surface area (Å²) in [5, 5.41) is 3.51. The van der Waals surface area contributed by atoms with Crippen LogP contribution in [0.4, 0.5) is 5.69 Å². The highest BCUT2D eigenvalue weighted by atomic mass is 79.9. The lowest BCUT2D eigenvalue weighted by Gasteiger charge is -2.12. The van der Waals surface area contributed by atoms with Gasteiger partial charge in [-0.25, -0.2) is 0 Å². The van der Waals surface area contributed by atoms with E-state index in [1.165, 1.54) is 0 Å². The Morgan fingerprint density at radius 3 is 1.96 bits per heavy atom. The fourth-order valence-electron chi connectivity index (χ4n) is 2.39. The number of hydrogen-bond donors (Lipinski definition) is 2. The summed E-state index contributed by atoms with van der Waals surface area (Å²) in [7, 11) is 0. The molecule has 5 heteroatoms. The van der Waals surface area contributed by atoms with Crippen LogP contribution in [0.1, 0.15) is 26.7 Å². The molecule has 0 radical (unpaired) electrons. The van der Waals surface area contributed by atoms with Gasteiger partial charge in [-0.05, 0) is 59.7 Å². The fourth-order valence-corrected chi connectivity index (χ4v) is 3.13. The summed E-state index contributed by atoms with van der Waals surface area (Å²) in [6.07, 6.45) is 0. The van der Waals surface area contributed by atoms with Crippen molar-refractivity contribution in [1.29, 1.82) is 0 Å². The van der Waals surface area contributed by atoms with E-state index in [2.05, 4.69) is 33.9 Å². The van der Waals surface area contributed by atoms with Gasteiger partial charge in [0.2, 0.25) is 0 Å². The van der Waals surface area contributed by atoms with Crippen LogP contribution < -0.4 is 5.32 Å². The van der Waals surface area contributed by atoms with E-state index in [0.717, 1.165) is 21.3 Å². The normalized spacial score (nSPS) is 11.8. The molecule has 0 aliphatic heterocycles. The molecule has 3 aromatic carbocycles. The van der Waals surface area contributed by atoms with Crippen LogP contribution in [0.15, 0.2) is 77.3 Å². The maximum absolute atomic E-state index is 12.3. The summed E-state index contributed by atoms with van der Waals surface area (Å²) in [5.74, 6) is -0.143. The highest BCUT2D eigenvalue weighted by Gasteiger charge is 2.11. The van der Waals surface area contributed by atoms with E-state index in [0.29, 0.717) is 10.6 Å². The zero-order valence-corrected chi connectivity index (χ0v) is 16.4. The lowest BCUT2D eigenvalue weighted by atomic mass is 10.0. The number of carbonyl (C=O) groups excluding carboxylic acids is 1. The molecule has 2 nitrogen and oxygen atoms in total. The Balaban J connectivity index is 1.71. The first-order chi connectivity index (χ1) is 12.0. The van der Waals surface area contributed by atoms with E-state index < -0.39 is 0 Å². The van der Waals surface area contributed by atoms with Gasteiger partial charge < -0.3 is 5.32 Å². The SMILES string of the molecule is O=C(Nc1ccc(Br)cc1)c1ccc(C(S)c2ccc(Cl)cc2)cc1. The topological polar surface area (TPSA) is 29.1 Å². The van der Waals surface area contributed by atoms with E-state index in [1.807, 2.05) is 72.8 Å². The minimum absolute atomic E-state index is 0.0687. The molecular weight excluding hydrogens is 418 g/mol. The predicted molar refractivity (Wildman–Crippen MR) is 111 cm³/mol. The Labute approximate surface area is 165 Å². The highest BCUT2D eigenvalue weighted by molar-refractivity contribution is 9.10. The van der Waals surface area contributed by atoms with Crippen molar-refractivity contribution in [2.75, 3.05) is 5.32 Å². The van der Waals surface area contributed by atoms with Gasteiger partial charge in [0.15, 0.2) is 0 Å². The van der Waals surface area contributed by atoms with Gasteiger partial charge in [-0.1, -0.05) is 51.8 Å². The van der Waals surface area contributed by atoms with Crippen molar-refractivity contribution in [3.05, 3.63) is 99.0 Å². The first kappa shape index (κ1) is 18.1. The van der Waals surface area contributed by atoms with E-state index in [9.17, 15) is 4.79 Å². The van der Waals surface area contributed by atoms with Crippen molar-refractivity contribution in [3.8, 4) is 0 Å². The average molecular weight is 433 g/mol. The van der Waals surface area contributed by atoms with Crippen LogP contribution in [-0.2, 0) is 0 Å². The van der Waals surface area contributed by atoms with Gasteiger partial charge in [0, 0.05) is 20.7 Å². The second-order valence-electron chi connectivity index (χ2n) is 5.54. The molecule has 25 heavy (non-hydrogen) atoms. The third-order valence-electron chi connectivity index (χ3n) is 3.78. The maximum Gasteiger partial charge on any atom is 0.255 e. The molecule has 0 aromatic heterocycles. The second-order valence-corrected chi connectivity index (χ2v) is 7.41. The number of amides is 1. The molecule has 0 saturated heterocycles. The Morgan fingerprint density at radius 2 is 1.40 bits per heavy atom.